The van der Waals surface area contributed by atoms with Crippen molar-refractivity contribution in [3.05, 3.63) is 47.0 Å². The van der Waals surface area contributed by atoms with Crippen LogP contribution in [0.15, 0.2) is 24.3 Å². The first-order chi connectivity index (χ1) is 12.5. The lowest BCUT2D eigenvalue weighted by Crippen LogP contribution is -2.27. The van der Waals surface area contributed by atoms with Crippen LogP contribution < -0.4 is 5.32 Å². The van der Waals surface area contributed by atoms with Gasteiger partial charge < -0.3 is 9.88 Å². The van der Waals surface area contributed by atoms with Gasteiger partial charge in [0.1, 0.15) is 5.82 Å². The van der Waals surface area contributed by atoms with E-state index in [0.717, 1.165) is 50.7 Å². The molecule has 1 aliphatic heterocycles. The summed E-state index contributed by atoms with van der Waals surface area (Å²) in [5, 5.41) is 11.4. The van der Waals surface area contributed by atoms with E-state index >= 15 is 0 Å². The van der Waals surface area contributed by atoms with Crippen LogP contribution in [-0.2, 0) is 37.3 Å². The molecule has 0 fully saturated rings. The van der Waals surface area contributed by atoms with E-state index in [0.29, 0.717) is 12.5 Å². The standard InChI is InChI=1S/C20H29N5O/c1-15(2)12-17-4-6-18(7-5-17)14-24-9-8-19-22-23-20(13-21-16(3)26)25(19)11-10-24/h4-7,15H,8-14H2,1-3H3,(H,21,26). The molecule has 0 unspecified atom stereocenters. The Labute approximate surface area is 155 Å². The van der Waals surface area contributed by atoms with Gasteiger partial charge >= 0.3 is 0 Å². The molecule has 140 valence electrons. The highest BCUT2D eigenvalue weighted by Crippen LogP contribution is 2.14. The first-order valence-electron chi connectivity index (χ1n) is 9.47. The van der Waals surface area contributed by atoms with Crippen molar-refractivity contribution < 1.29 is 4.79 Å². The summed E-state index contributed by atoms with van der Waals surface area (Å²) < 4.78 is 2.15. The average molecular weight is 355 g/mol. The summed E-state index contributed by atoms with van der Waals surface area (Å²) in [5.74, 6) is 2.50. The van der Waals surface area contributed by atoms with Gasteiger partial charge in [0.15, 0.2) is 5.82 Å². The number of aromatic nitrogens is 3. The van der Waals surface area contributed by atoms with Gasteiger partial charge in [-0.05, 0) is 23.5 Å². The molecule has 6 nitrogen and oxygen atoms in total. The maximum Gasteiger partial charge on any atom is 0.217 e. The molecule has 6 heteroatoms. The molecule has 3 rings (SSSR count). The van der Waals surface area contributed by atoms with Crippen molar-refractivity contribution >= 4 is 5.91 Å². The minimum atomic E-state index is -0.0430. The molecule has 0 aliphatic carbocycles. The van der Waals surface area contributed by atoms with Gasteiger partial charge in [0.2, 0.25) is 5.91 Å². The van der Waals surface area contributed by atoms with E-state index in [4.69, 9.17) is 0 Å². The van der Waals surface area contributed by atoms with Gasteiger partial charge in [-0.1, -0.05) is 38.1 Å². The molecule has 2 heterocycles. The Morgan fingerprint density at radius 2 is 1.85 bits per heavy atom. The summed E-state index contributed by atoms with van der Waals surface area (Å²) in [7, 11) is 0. The molecular weight excluding hydrogens is 326 g/mol. The molecule has 2 aromatic rings. The van der Waals surface area contributed by atoms with Gasteiger partial charge in [-0.2, -0.15) is 0 Å². The lowest BCUT2D eigenvalue weighted by atomic mass is 10.0. The fourth-order valence-corrected chi connectivity index (χ4v) is 3.43. The third kappa shape index (κ3) is 4.91. The Balaban J connectivity index is 1.58. The van der Waals surface area contributed by atoms with Crippen molar-refractivity contribution in [2.24, 2.45) is 5.92 Å². The number of fused-ring (bicyclic) bond motifs is 1. The van der Waals surface area contributed by atoms with E-state index in [1.807, 2.05) is 0 Å². The minimum Gasteiger partial charge on any atom is -0.349 e. The van der Waals surface area contributed by atoms with Crippen LogP contribution in [0.25, 0.3) is 0 Å². The predicted octanol–water partition coefficient (Wildman–Crippen LogP) is 2.17. The summed E-state index contributed by atoms with van der Waals surface area (Å²) >= 11 is 0. The van der Waals surface area contributed by atoms with Crippen LogP contribution >= 0.6 is 0 Å². The largest absolute Gasteiger partial charge is 0.349 e. The quantitative estimate of drug-likeness (QED) is 0.863. The van der Waals surface area contributed by atoms with Crippen LogP contribution in [-0.4, -0.2) is 38.7 Å². The maximum atomic E-state index is 11.1. The highest BCUT2D eigenvalue weighted by molar-refractivity contribution is 5.72. The number of hydrogen-bond acceptors (Lipinski definition) is 4. The number of carbonyl (C=O) groups is 1. The molecule has 1 aliphatic rings. The monoisotopic (exact) mass is 355 g/mol. The van der Waals surface area contributed by atoms with Gasteiger partial charge in [0.05, 0.1) is 6.54 Å². The highest BCUT2D eigenvalue weighted by atomic mass is 16.1. The van der Waals surface area contributed by atoms with Crippen molar-refractivity contribution in [1.82, 2.24) is 25.0 Å². The summed E-state index contributed by atoms with van der Waals surface area (Å²) in [5.41, 5.74) is 2.77. The van der Waals surface area contributed by atoms with Crippen molar-refractivity contribution in [3.8, 4) is 0 Å². The van der Waals surface area contributed by atoms with Crippen LogP contribution in [0.2, 0.25) is 0 Å². The number of rotatable bonds is 6. The number of benzene rings is 1. The second-order valence-electron chi connectivity index (χ2n) is 7.53. The molecule has 1 N–H and O–H groups in total. The number of nitrogens with one attached hydrogen (secondary N) is 1. The van der Waals surface area contributed by atoms with Gasteiger partial charge in [-0.15, -0.1) is 10.2 Å². The first kappa shape index (κ1) is 18.6. The second-order valence-corrected chi connectivity index (χ2v) is 7.53. The Morgan fingerprint density at radius 1 is 1.12 bits per heavy atom. The third-order valence-electron chi connectivity index (χ3n) is 4.76. The molecule has 0 saturated carbocycles. The van der Waals surface area contributed by atoms with Crippen LogP contribution in [0.5, 0.6) is 0 Å². The van der Waals surface area contributed by atoms with Crippen LogP contribution in [0, 0.1) is 5.92 Å². The molecule has 0 atom stereocenters. The zero-order chi connectivity index (χ0) is 18.5. The second kappa shape index (κ2) is 8.45. The normalized spacial score (nSPS) is 14.9. The van der Waals surface area contributed by atoms with E-state index < -0.39 is 0 Å². The molecule has 26 heavy (non-hydrogen) atoms. The Kier molecular flexibility index (Phi) is 6.04. The Bertz CT molecular complexity index is 735. The van der Waals surface area contributed by atoms with Crippen molar-refractivity contribution in [2.75, 3.05) is 13.1 Å². The maximum absolute atomic E-state index is 11.1. The van der Waals surface area contributed by atoms with Gasteiger partial charge in [0, 0.05) is 39.5 Å². The summed E-state index contributed by atoms with van der Waals surface area (Å²) in [6.45, 7) is 10.2. The van der Waals surface area contributed by atoms with E-state index in [2.05, 4.69) is 63.1 Å². The number of carbonyl (C=O) groups excluding carboxylic acids is 1. The smallest absolute Gasteiger partial charge is 0.217 e. The fraction of sp³-hybridized carbons (Fsp3) is 0.550. The molecule has 0 spiro atoms. The molecule has 0 saturated heterocycles. The van der Waals surface area contributed by atoms with Crippen LogP contribution in [0.3, 0.4) is 0 Å². The molecule has 1 aromatic carbocycles. The fourth-order valence-electron chi connectivity index (χ4n) is 3.43. The van der Waals surface area contributed by atoms with E-state index in [-0.39, 0.29) is 5.91 Å². The van der Waals surface area contributed by atoms with Crippen molar-refractivity contribution in [1.29, 1.82) is 0 Å². The molecule has 1 aromatic heterocycles. The van der Waals surface area contributed by atoms with Crippen LogP contribution in [0.1, 0.15) is 43.5 Å². The summed E-state index contributed by atoms with van der Waals surface area (Å²) in [6, 6.07) is 9.02. The third-order valence-corrected chi connectivity index (χ3v) is 4.76. The summed E-state index contributed by atoms with van der Waals surface area (Å²) in [6.07, 6.45) is 2.02. The first-order valence-corrected chi connectivity index (χ1v) is 9.47. The lowest BCUT2D eigenvalue weighted by molar-refractivity contribution is -0.119. The topological polar surface area (TPSA) is 63.1 Å². The molecule has 0 bridgehead atoms. The SMILES string of the molecule is CC(=O)NCc1nnc2n1CCN(Cc1ccc(CC(C)C)cc1)CC2. The Hall–Kier alpha value is -2.21. The number of hydrogen-bond donors (Lipinski definition) is 1. The minimum absolute atomic E-state index is 0.0430. The number of nitrogens with zero attached hydrogens (tertiary/aromatic N) is 4. The van der Waals surface area contributed by atoms with Crippen molar-refractivity contribution in [2.45, 2.75) is 53.2 Å². The van der Waals surface area contributed by atoms with Crippen molar-refractivity contribution in [3.63, 3.8) is 0 Å². The zero-order valence-corrected chi connectivity index (χ0v) is 16.0. The Morgan fingerprint density at radius 3 is 2.54 bits per heavy atom. The molecule has 0 radical (unpaired) electrons. The van der Waals surface area contributed by atoms with Gasteiger partial charge in [-0.25, -0.2) is 0 Å². The van der Waals surface area contributed by atoms with E-state index in [9.17, 15) is 4.79 Å². The van der Waals surface area contributed by atoms with Gasteiger partial charge in [-0.3, -0.25) is 9.69 Å². The predicted molar refractivity (Wildman–Crippen MR) is 102 cm³/mol. The van der Waals surface area contributed by atoms with E-state index in [1.54, 1.807) is 0 Å². The lowest BCUT2D eigenvalue weighted by Gasteiger charge is -2.20. The van der Waals surface area contributed by atoms with E-state index in [1.165, 1.54) is 18.1 Å². The average Bonchev–Trinajstić information content (AvgIpc) is 2.87. The highest BCUT2D eigenvalue weighted by Gasteiger charge is 2.18. The number of amides is 1. The van der Waals surface area contributed by atoms with Gasteiger partial charge in [0.25, 0.3) is 0 Å². The van der Waals surface area contributed by atoms with Crippen LogP contribution in [0.4, 0.5) is 0 Å². The zero-order valence-electron chi connectivity index (χ0n) is 16.0. The summed E-state index contributed by atoms with van der Waals surface area (Å²) in [4.78, 5) is 13.6. The molecule has 1 amide bonds. The molecular formula is C20H29N5O.